The average Bonchev–Trinajstić information content (AvgIpc) is 3.09. The van der Waals surface area contributed by atoms with Crippen molar-refractivity contribution >= 4 is 5.91 Å². The molecule has 1 unspecified atom stereocenters. The van der Waals surface area contributed by atoms with Crippen LogP contribution < -0.4 is 5.32 Å². The summed E-state index contributed by atoms with van der Waals surface area (Å²) >= 11 is 0. The quantitative estimate of drug-likeness (QED) is 0.869. The molecule has 2 saturated heterocycles. The van der Waals surface area contributed by atoms with Crippen molar-refractivity contribution in [1.29, 1.82) is 0 Å². The van der Waals surface area contributed by atoms with Crippen molar-refractivity contribution in [3.63, 3.8) is 0 Å². The number of carbonyl (C=O) groups is 1. The van der Waals surface area contributed by atoms with Gasteiger partial charge in [-0.2, -0.15) is 0 Å². The third-order valence-corrected chi connectivity index (χ3v) is 6.17. The number of piperidine rings is 1. The molecule has 4 rings (SSSR count). The fraction of sp³-hybridized carbons (Fsp3) is 0.750. The Morgan fingerprint density at radius 2 is 2.08 bits per heavy atom. The van der Waals surface area contributed by atoms with Gasteiger partial charge in [0.2, 0.25) is 5.91 Å². The second-order valence-electron chi connectivity index (χ2n) is 8.91. The second kappa shape index (κ2) is 6.89. The van der Waals surface area contributed by atoms with Crippen molar-refractivity contribution in [2.24, 2.45) is 23.7 Å². The largest absolute Gasteiger partial charge is 0.376 e. The molecule has 0 aromatic carbocycles. The van der Waals surface area contributed by atoms with Gasteiger partial charge in [0.25, 0.3) is 0 Å². The van der Waals surface area contributed by atoms with Crippen LogP contribution in [0.5, 0.6) is 0 Å². The highest BCUT2D eigenvalue weighted by Gasteiger charge is 2.59. The standard InChI is InChI=1S/C20H30N4O2/c1-13-7-22-15(8-21-13)9-23-19(25)18-16-11-24(12-17(16)18)10-14-4-5-26-20(2,3)6-14/h7-8,14,16-18H,4-6,9-12H2,1-3H3,(H,23,25)/t14-,16-,17+,18?/m0/s1. The van der Waals surface area contributed by atoms with Crippen LogP contribution >= 0.6 is 0 Å². The maximum atomic E-state index is 12.4. The number of likely N-dealkylation sites (tertiary alicyclic amines) is 1. The fourth-order valence-electron chi connectivity index (χ4n) is 4.84. The molecule has 3 aliphatic rings. The van der Waals surface area contributed by atoms with Crippen LogP contribution in [-0.2, 0) is 16.1 Å². The number of hydrogen-bond donors (Lipinski definition) is 1. The van der Waals surface area contributed by atoms with Gasteiger partial charge in [-0.25, -0.2) is 0 Å². The lowest BCUT2D eigenvalue weighted by atomic mass is 9.88. The van der Waals surface area contributed by atoms with Gasteiger partial charge in [-0.1, -0.05) is 0 Å². The van der Waals surface area contributed by atoms with Gasteiger partial charge in [0.1, 0.15) is 0 Å². The first-order valence-corrected chi connectivity index (χ1v) is 9.83. The summed E-state index contributed by atoms with van der Waals surface area (Å²) in [5.41, 5.74) is 1.73. The molecule has 6 nitrogen and oxygen atoms in total. The Balaban J connectivity index is 1.20. The lowest BCUT2D eigenvalue weighted by Gasteiger charge is -2.37. The van der Waals surface area contributed by atoms with E-state index in [-0.39, 0.29) is 17.4 Å². The van der Waals surface area contributed by atoms with Crippen molar-refractivity contribution in [2.75, 3.05) is 26.2 Å². The van der Waals surface area contributed by atoms with Gasteiger partial charge in [0, 0.05) is 38.4 Å². The number of amides is 1. The van der Waals surface area contributed by atoms with E-state index in [4.69, 9.17) is 4.74 Å². The molecule has 1 aromatic heterocycles. The molecule has 2 aliphatic heterocycles. The van der Waals surface area contributed by atoms with Crippen LogP contribution in [0.3, 0.4) is 0 Å². The van der Waals surface area contributed by atoms with E-state index in [0.29, 0.717) is 18.4 Å². The predicted octanol–water partition coefficient (Wildman–Crippen LogP) is 1.78. The van der Waals surface area contributed by atoms with E-state index in [1.54, 1.807) is 12.4 Å². The molecule has 1 saturated carbocycles. The monoisotopic (exact) mass is 358 g/mol. The van der Waals surface area contributed by atoms with Crippen molar-refractivity contribution in [3.05, 3.63) is 23.8 Å². The predicted molar refractivity (Wildman–Crippen MR) is 98.3 cm³/mol. The highest BCUT2D eigenvalue weighted by atomic mass is 16.5. The minimum absolute atomic E-state index is 0.0207. The highest BCUT2D eigenvalue weighted by Crippen LogP contribution is 2.52. The Labute approximate surface area is 155 Å². The number of ether oxygens (including phenoxy) is 1. The van der Waals surface area contributed by atoms with E-state index in [1.165, 1.54) is 0 Å². The molecule has 0 bridgehead atoms. The minimum atomic E-state index is 0.0207. The van der Waals surface area contributed by atoms with Crippen LogP contribution in [0.2, 0.25) is 0 Å². The first-order valence-electron chi connectivity index (χ1n) is 9.83. The maximum Gasteiger partial charge on any atom is 0.224 e. The van der Waals surface area contributed by atoms with E-state index in [1.807, 2.05) is 6.92 Å². The molecule has 1 amide bonds. The zero-order valence-corrected chi connectivity index (χ0v) is 16.1. The van der Waals surface area contributed by atoms with Crippen molar-refractivity contribution < 1.29 is 9.53 Å². The number of nitrogens with zero attached hydrogens (tertiary/aromatic N) is 3. The molecule has 1 aliphatic carbocycles. The van der Waals surface area contributed by atoms with Gasteiger partial charge in [-0.3, -0.25) is 14.8 Å². The fourth-order valence-corrected chi connectivity index (χ4v) is 4.84. The zero-order chi connectivity index (χ0) is 18.3. The van der Waals surface area contributed by atoms with Crippen LogP contribution in [0.15, 0.2) is 12.4 Å². The molecule has 3 fully saturated rings. The number of hydrogen-bond acceptors (Lipinski definition) is 5. The summed E-state index contributed by atoms with van der Waals surface area (Å²) in [5.74, 6) is 2.22. The molecular weight excluding hydrogens is 328 g/mol. The lowest BCUT2D eigenvalue weighted by Crippen LogP contribution is -2.40. The third-order valence-electron chi connectivity index (χ3n) is 6.17. The second-order valence-corrected chi connectivity index (χ2v) is 8.91. The number of rotatable bonds is 5. The van der Waals surface area contributed by atoms with E-state index >= 15 is 0 Å². The Kier molecular flexibility index (Phi) is 4.73. The van der Waals surface area contributed by atoms with Crippen LogP contribution in [0.25, 0.3) is 0 Å². The van der Waals surface area contributed by atoms with Gasteiger partial charge in [0.05, 0.1) is 29.7 Å². The number of fused-ring (bicyclic) bond motifs is 1. The molecular formula is C20H30N4O2. The maximum absolute atomic E-state index is 12.4. The highest BCUT2D eigenvalue weighted by molar-refractivity contribution is 5.82. The smallest absolute Gasteiger partial charge is 0.224 e. The van der Waals surface area contributed by atoms with Crippen LogP contribution in [0, 0.1) is 30.6 Å². The van der Waals surface area contributed by atoms with E-state index in [0.717, 1.165) is 56.4 Å². The van der Waals surface area contributed by atoms with Gasteiger partial charge < -0.3 is 15.0 Å². The molecule has 3 heterocycles. The summed E-state index contributed by atoms with van der Waals surface area (Å²) in [6.45, 7) is 11.0. The first kappa shape index (κ1) is 17.9. The van der Waals surface area contributed by atoms with Crippen molar-refractivity contribution in [2.45, 2.75) is 45.8 Å². The minimum Gasteiger partial charge on any atom is -0.376 e. The Morgan fingerprint density at radius 1 is 1.31 bits per heavy atom. The Bertz CT molecular complexity index is 648. The number of aromatic nitrogens is 2. The average molecular weight is 358 g/mol. The molecule has 142 valence electrons. The van der Waals surface area contributed by atoms with Gasteiger partial charge in [-0.15, -0.1) is 0 Å². The summed E-state index contributed by atoms with van der Waals surface area (Å²) in [6.07, 6.45) is 5.78. The summed E-state index contributed by atoms with van der Waals surface area (Å²) in [6, 6.07) is 0. The van der Waals surface area contributed by atoms with Gasteiger partial charge >= 0.3 is 0 Å². The summed E-state index contributed by atoms with van der Waals surface area (Å²) in [4.78, 5) is 23.5. The van der Waals surface area contributed by atoms with E-state index < -0.39 is 0 Å². The third kappa shape index (κ3) is 3.91. The van der Waals surface area contributed by atoms with Crippen molar-refractivity contribution in [3.8, 4) is 0 Å². The van der Waals surface area contributed by atoms with E-state index in [2.05, 4.69) is 34.0 Å². The summed E-state index contributed by atoms with van der Waals surface area (Å²) in [5, 5.41) is 3.04. The molecule has 0 radical (unpaired) electrons. The zero-order valence-electron chi connectivity index (χ0n) is 16.1. The summed E-state index contributed by atoms with van der Waals surface area (Å²) < 4.78 is 5.83. The molecule has 6 heteroatoms. The SMILES string of the molecule is Cc1cnc(CNC(=O)C2[C@H]3CN(C[C@H]4CCOC(C)(C)C4)C[C@@H]23)cn1. The number of aryl methyl sites for hydroxylation is 1. The number of nitrogens with one attached hydrogen (secondary N) is 1. The van der Waals surface area contributed by atoms with E-state index in [9.17, 15) is 4.79 Å². The number of carbonyl (C=O) groups excluding carboxylic acids is 1. The van der Waals surface area contributed by atoms with Gasteiger partial charge in [-0.05, 0) is 51.4 Å². The van der Waals surface area contributed by atoms with Crippen LogP contribution in [0.1, 0.15) is 38.1 Å². The molecule has 0 spiro atoms. The topological polar surface area (TPSA) is 67.4 Å². The first-order chi connectivity index (χ1) is 12.4. The molecule has 4 atom stereocenters. The normalized spacial score (nSPS) is 32.9. The lowest BCUT2D eigenvalue weighted by molar-refractivity contribution is -0.123. The van der Waals surface area contributed by atoms with Crippen LogP contribution in [-0.4, -0.2) is 52.6 Å². The molecule has 26 heavy (non-hydrogen) atoms. The molecule has 1 aromatic rings. The van der Waals surface area contributed by atoms with Crippen molar-refractivity contribution in [1.82, 2.24) is 20.2 Å². The summed E-state index contributed by atoms with van der Waals surface area (Å²) in [7, 11) is 0. The van der Waals surface area contributed by atoms with Crippen LogP contribution in [0.4, 0.5) is 0 Å². The van der Waals surface area contributed by atoms with Gasteiger partial charge in [0.15, 0.2) is 0 Å². The Hall–Kier alpha value is -1.53. The Morgan fingerprint density at radius 3 is 2.73 bits per heavy atom. The molecule has 1 N–H and O–H groups in total.